The SMILES string of the molecule is Cn1c2c(sc1=O)C(c1c(F)cccc1Cl)CC(=O)N2c1ccccc1. The van der Waals surface area contributed by atoms with Gasteiger partial charge in [-0.2, -0.15) is 0 Å². The molecule has 1 aliphatic heterocycles. The normalized spacial score (nSPS) is 16.7. The van der Waals surface area contributed by atoms with Gasteiger partial charge in [0, 0.05) is 30.0 Å². The Kier molecular flexibility index (Phi) is 4.17. The minimum absolute atomic E-state index is 0.0441. The first kappa shape index (κ1) is 17.0. The number of carbonyl (C=O) groups excluding carboxylic acids is 1. The maximum absolute atomic E-state index is 14.5. The van der Waals surface area contributed by atoms with Crippen LogP contribution in [0.15, 0.2) is 53.3 Å². The zero-order valence-corrected chi connectivity index (χ0v) is 15.4. The van der Waals surface area contributed by atoms with E-state index in [1.54, 1.807) is 25.2 Å². The summed E-state index contributed by atoms with van der Waals surface area (Å²) in [7, 11) is 1.62. The number of hydrogen-bond donors (Lipinski definition) is 0. The highest BCUT2D eigenvalue weighted by Gasteiger charge is 2.39. The summed E-state index contributed by atoms with van der Waals surface area (Å²) in [5.41, 5.74) is 0.934. The molecule has 0 radical (unpaired) electrons. The first-order valence-electron chi connectivity index (χ1n) is 8.00. The standard InChI is InChI=1S/C19H14ClFN2O2S/c1-22-18-17(26-19(22)25)12(16-13(20)8-5-9-14(16)21)10-15(24)23(18)11-6-3-2-4-7-11/h2-9,12H,10H2,1H3. The molecular weight excluding hydrogens is 375 g/mol. The second-order valence-corrected chi connectivity index (χ2v) is 7.47. The molecule has 0 saturated carbocycles. The van der Waals surface area contributed by atoms with Gasteiger partial charge in [0.1, 0.15) is 11.6 Å². The van der Waals surface area contributed by atoms with Crippen LogP contribution in [0.3, 0.4) is 0 Å². The predicted octanol–water partition coefficient (Wildman–Crippen LogP) is 4.44. The van der Waals surface area contributed by atoms with Crippen LogP contribution in [0.4, 0.5) is 15.9 Å². The van der Waals surface area contributed by atoms with E-state index in [2.05, 4.69) is 0 Å². The van der Waals surface area contributed by atoms with Crippen molar-refractivity contribution in [2.45, 2.75) is 12.3 Å². The summed E-state index contributed by atoms with van der Waals surface area (Å²) in [4.78, 5) is 27.3. The third-order valence-corrected chi connectivity index (χ3v) is 5.99. The van der Waals surface area contributed by atoms with Crippen molar-refractivity contribution in [3.8, 4) is 0 Å². The number of fused-ring (bicyclic) bond motifs is 1. The largest absolute Gasteiger partial charge is 0.308 e. The van der Waals surface area contributed by atoms with Gasteiger partial charge < -0.3 is 0 Å². The van der Waals surface area contributed by atoms with E-state index in [1.165, 1.54) is 21.6 Å². The molecular formula is C19H14ClFN2O2S. The van der Waals surface area contributed by atoms with Crippen molar-refractivity contribution in [1.82, 2.24) is 4.57 Å². The van der Waals surface area contributed by atoms with Crippen LogP contribution >= 0.6 is 22.9 Å². The summed E-state index contributed by atoms with van der Waals surface area (Å²) < 4.78 is 15.9. The van der Waals surface area contributed by atoms with Gasteiger partial charge in [-0.25, -0.2) is 4.39 Å². The molecule has 4 rings (SSSR count). The summed E-state index contributed by atoms with van der Waals surface area (Å²) in [5.74, 6) is -0.781. The summed E-state index contributed by atoms with van der Waals surface area (Å²) in [5, 5.41) is 0.255. The van der Waals surface area contributed by atoms with Crippen molar-refractivity contribution >= 4 is 40.4 Å². The van der Waals surface area contributed by atoms with Gasteiger partial charge in [0.2, 0.25) is 5.91 Å². The van der Waals surface area contributed by atoms with Crippen molar-refractivity contribution in [1.29, 1.82) is 0 Å². The fourth-order valence-corrected chi connectivity index (χ4v) is 4.71. The molecule has 1 amide bonds. The second kappa shape index (κ2) is 6.37. The van der Waals surface area contributed by atoms with Gasteiger partial charge in [-0.1, -0.05) is 47.2 Å². The highest BCUT2D eigenvalue weighted by Crippen LogP contribution is 2.46. The van der Waals surface area contributed by atoms with Crippen LogP contribution in [0.2, 0.25) is 5.02 Å². The summed E-state index contributed by atoms with van der Waals surface area (Å²) in [6, 6.07) is 13.6. The van der Waals surface area contributed by atoms with Crippen LogP contribution in [0.25, 0.3) is 0 Å². The van der Waals surface area contributed by atoms with Crippen molar-refractivity contribution < 1.29 is 9.18 Å². The Morgan fingerprint density at radius 2 is 1.85 bits per heavy atom. The molecule has 7 heteroatoms. The average molecular weight is 389 g/mol. The van der Waals surface area contributed by atoms with E-state index >= 15 is 0 Å². The van der Waals surface area contributed by atoms with Gasteiger partial charge in [0.25, 0.3) is 0 Å². The number of aromatic nitrogens is 1. The Morgan fingerprint density at radius 1 is 1.12 bits per heavy atom. The fourth-order valence-electron chi connectivity index (χ4n) is 3.34. The third-order valence-electron chi connectivity index (χ3n) is 4.53. The molecule has 2 heterocycles. The number of rotatable bonds is 2. The van der Waals surface area contributed by atoms with Crippen molar-refractivity contribution in [3.63, 3.8) is 0 Å². The molecule has 0 saturated heterocycles. The van der Waals surface area contributed by atoms with Crippen LogP contribution in [0, 0.1) is 5.82 Å². The van der Waals surface area contributed by atoms with E-state index in [-0.39, 0.29) is 27.8 Å². The minimum Gasteiger partial charge on any atom is -0.288 e. The Hall–Kier alpha value is -2.44. The molecule has 4 nitrogen and oxygen atoms in total. The van der Waals surface area contributed by atoms with Gasteiger partial charge in [-0.15, -0.1) is 0 Å². The Balaban J connectivity index is 1.96. The fraction of sp³-hybridized carbons (Fsp3) is 0.158. The number of hydrogen-bond acceptors (Lipinski definition) is 3. The smallest absolute Gasteiger partial charge is 0.288 e. The number of benzene rings is 2. The Bertz CT molecular complexity index is 1040. The highest BCUT2D eigenvalue weighted by molar-refractivity contribution is 7.10. The maximum atomic E-state index is 14.5. The second-order valence-electron chi connectivity index (χ2n) is 6.07. The molecule has 0 aliphatic carbocycles. The number of nitrogens with zero attached hydrogens (tertiary/aromatic N) is 2. The van der Waals surface area contributed by atoms with Crippen LogP contribution in [-0.2, 0) is 11.8 Å². The zero-order valence-electron chi connectivity index (χ0n) is 13.8. The van der Waals surface area contributed by atoms with Crippen LogP contribution in [0.5, 0.6) is 0 Å². The van der Waals surface area contributed by atoms with Crippen LogP contribution < -0.4 is 9.77 Å². The van der Waals surface area contributed by atoms with E-state index in [0.717, 1.165) is 11.3 Å². The maximum Gasteiger partial charge on any atom is 0.308 e. The van der Waals surface area contributed by atoms with Gasteiger partial charge >= 0.3 is 4.87 Å². The Labute approximate surface area is 158 Å². The highest BCUT2D eigenvalue weighted by atomic mass is 35.5. The molecule has 1 atom stereocenters. The van der Waals surface area contributed by atoms with E-state index in [1.807, 2.05) is 18.2 Å². The molecule has 26 heavy (non-hydrogen) atoms. The first-order valence-corrected chi connectivity index (χ1v) is 9.20. The van der Waals surface area contributed by atoms with E-state index in [4.69, 9.17) is 11.6 Å². The number of para-hydroxylation sites is 1. The molecule has 132 valence electrons. The molecule has 0 fully saturated rings. The predicted molar refractivity (Wildman–Crippen MR) is 101 cm³/mol. The number of carbonyl (C=O) groups is 1. The molecule has 0 spiro atoms. The lowest BCUT2D eigenvalue weighted by Crippen LogP contribution is -2.34. The number of halogens is 2. The lowest BCUT2D eigenvalue weighted by atomic mass is 9.90. The van der Waals surface area contributed by atoms with Crippen LogP contribution in [0.1, 0.15) is 22.8 Å². The molecule has 3 aromatic rings. The van der Waals surface area contributed by atoms with Crippen molar-refractivity contribution in [2.75, 3.05) is 4.90 Å². The lowest BCUT2D eigenvalue weighted by Gasteiger charge is -2.32. The molecule has 0 bridgehead atoms. The number of thiazole rings is 1. The van der Waals surface area contributed by atoms with E-state index in [0.29, 0.717) is 16.4 Å². The molecule has 1 aliphatic rings. The third kappa shape index (κ3) is 2.57. The monoisotopic (exact) mass is 388 g/mol. The molecule has 2 aromatic carbocycles. The molecule has 1 unspecified atom stereocenters. The quantitative estimate of drug-likeness (QED) is 0.651. The van der Waals surface area contributed by atoms with Gasteiger partial charge in [0.15, 0.2) is 0 Å². The number of anilines is 2. The van der Waals surface area contributed by atoms with Crippen molar-refractivity contribution in [3.05, 3.63) is 79.5 Å². The average Bonchev–Trinajstić information content (AvgIpc) is 2.91. The summed E-state index contributed by atoms with van der Waals surface area (Å²) in [6.07, 6.45) is 0.0441. The molecule has 1 aromatic heterocycles. The topological polar surface area (TPSA) is 42.3 Å². The number of amides is 1. The summed E-state index contributed by atoms with van der Waals surface area (Å²) >= 11 is 7.26. The van der Waals surface area contributed by atoms with Crippen LogP contribution in [-0.4, -0.2) is 10.5 Å². The van der Waals surface area contributed by atoms with Crippen molar-refractivity contribution in [2.24, 2.45) is 7.05 Å². The zero-order chi connectivity index (χ0) is 18.4. The Morgan fingerprint density at radius 3 is 2.54 bits per heavy atom. The minimum atomic E-state index is -0.579. The van der Waals surface area contributed by atoms with Gasteiger partial charge in [-0.05, 0) is 24.3 Å². The summed E-state index contributed by atoms with van der Waals surface area (Å²) in [6.45, 7) is 0. The van der Waals surface area contributed by atoms with Gasteiger partial charge in [-0.3, -0.25) is 19.1 Å². The molecule has 0 N–H and O–H groups in total. The van der Waals surface area contributed by atoms with Gasteiger partial charge in [0.05, 0.1) is 10.6 Å². The first-order chi connectivity index (χ1) is 12.5. The lowest BCUT2D eigenvalue weighted by molar-refractivity contribution is -0.118. The van der Waals surface area contributed by atoms with E-state index in [9.17, 15) is 14.0 Å². The van der Waals surface area contributed by atoms with E-state index < -0.39 is 11.7 Å².